The van der Waals surface area contributed by atoms with E-state index in [2.05, 4.69) is 10.4 Å². The maximum Gasteiger partial charge on any atom is 0.268 e. The van der Waals surface area contributed by atoms with Gasteiger partial charge in [0.2, 0.25) is 0 Å². The van der Waals surface area contributed by atoms with Gasteiger partial charge in [0.05, 0.1) is 11.9 Å². The van der Waals surface area contributed by atoms with E-state index in [0.29, 0.717) is 6.54 Å². The van der Waals surface area contributed by atoms with Crippen LogP contribution in [0.1, 0.15) is 19.3 Å². The molecule has 5 heteroatoms. The molecule has 0 aliphatic heterocycles. The van der Waals surface area contributed by atoms with E-state index in [0.717, 1.165) is 24.7 Å². The molecular formula is C12H20N4O. The summed E-state index contributed by atoms with van der Waals surface area (Å²) in [6, 6.07) is 2.36. The van der Waals surface area contributed by atoms with E-state index < -0.39 is 0 Å². The summed E-state index contributed by atoms with van der Waals surface area (Å²) in [6.45, 7) is 1.65. The number of rotatable bonds is 6. The molecule has 17 heavy (non-hydrogen) atoms. The molecule has 0 bridgehead atoms. The van der Waals surface area contributed by atoms with Crippen LogP contribution in [0.3, 0.4) is 0 Å². The molecule has 0 amide bonds. The molecule has 1 aromatic heterocycles. The first-order valence-electron chi connectivity index (χ1n) is 6.14. The summed E-state index contributed by atoms with van der Waals surface area (Å²) in [5, 5.41) is 7.59. The lowest BCUT2D eigenvalue weighted by atomic mass is 10.4. The molecule has 1 aliphatic rings. The number of anilines is 1. The first kappa shape index (κ1) is 12.1. The molecule has 1 N–H and O–H groups in total. The van der Waals surface area contributed by atoms with Crippen LogP contribution in [0, 0.1) is 0 Å². The van der Waals surface area contributed by atoms with Gasteiger partial charge >= 0.3 is 0 Å². The van der Waals surface area contributed by atoms with E-state index in [4.69, 9.17) is 0 Å². The van der Waals surface area contributed by atoms with Crippen LogP contribution < -0.4 is 15.8 Å². The van der Waals surface area contributed by atoms with Gasteiger partial charge in [-0.3, -0.25) is 4.79 Å². The van der Waals surface area contributed by atoms with Gasteiger partial charge in [0.25, 0.3) is 5.56 Å². The second-order valence-corrected chi connectivity index (χ2v) is 4.75. The third-order valence-electron chi connectivity index (χ3n) is 2.93. The maximum absolute atomic E-state index is 11.7. The fourth-order valence-electron chi connectivity index (χ4n) is 1.66. The molecule has 1 aliphatic carbocycles. The van der Waals surface area contributed by atoms with Gasteiger partial charge < -0.3 is 10.2 Å². The van der Waals surface area contributed by atoms with Gasteiger partial charge in [-0.05, 0) is 25.8 Å². The van der Waals surface area contributed by atoms with Gasteiger partial charge in [-0.15, -0.1) is 0 Å². The molecule has 94 valence electrons. The number of hydrogen-bond donors (Lipinski definition) is 1. The molecule has 1 fully saturated rings. The normalized spacial score (nSPS) is 14.9. The van der Waals surface area contributed by atoms with E-state index in [1.54, 1.807) is 12.3 Å². The van der Waals surface area contributed by atoms with Crippen molar-refractivity contribution in [1.29, 1.82) is 0 Å². The van der Waals surface area contributed by atoms with Crippen molar-refractivity contribution in [3.8, 4) is 0 Å². The van der Waals surface area contributed by atoms with Crippen LogP contribution in [0.15, 0.2) is 17.1 Å². The largest absolute Gasteiger partial charge is 0.376 e. The summed E-state index contributed by atoms with van der Waals surface area (Å²) in [5.74, 6) is 0. The van der Waals surface area contributed by atoms with Crippen LogP contribution in [-0.4, -0.2) is 36.5 Å². The van der Waals surface area contributed by atoms with Crippen LogP contribution in [0.5, 0.6) is 0 Å². The quantitative estimate of drug-likeness (QED) is 0.729. The summed E-state index contributed by atoms with van der Waals surface area (Å²) in [7, 11) is 3.81. The minimum atomic E-state index is -0.0254. The molecule has 1 heterocycles. The van der Waals surface area contributed by atoms with E-state index in [1.807, 2.05) is 19.0 Å². The standard InChI is InChI=1S/C12H20N4O/c1-15(2)11-8-12(17)16(14-9-11)7-3-6-13-10-4-5-10/h8-10,13H,3-7H2,1-2H3. The van der Waals surface area contributed by atoms with Crippen molar-refractivity contribution in [1.82, 2.24) is 15.1 Å². The van der Waals surface area contributed by atoms with Crippen LogP contribution >= 0.6 is 0 Å². The fourth-order valence-corrected chi connectivity index (χ4v) is 1.66. The van der Waals surface area contributed by atoms with Gasteiger partial charge in [0.1, 0.15) is 0 Å². The van der Waals surface area contributed by atoms with Crippen LogP contribution in [0.2, 0.25) is 0 Å². The second-order valence-electron chi connectivity index (χ2n) is 4.75. The molecule has 0 spiro atoms. The van der Waals surface area contributed by atoms with Gasteiger partial charge in [-0.25, -0.2) is 4.68 Å². The molecule has 1 aromatic rings. The molecule has 5 nitrogen and oxygen atoms in total. The lowest BCUT2D eigenvalue weighted by Crippen LogP contribution is -2.26. The minimum absolute atomic E-state index is 0.0254. The van der Waals surface area contributed by atoms with Gasteiger partial charge in [0, 0.05) is 32.7 Å². The Kier molecular flexibility index (Phi) is 3.78. The van der Waals surface area contributed by atoms with Crippen molar-refractivity contribution in [2.45, 2.75) is 31.8 Å². The van der Waals surface area contributed by atoms with Crippen molar-refractivity contribution in [2.75, 3.05) is 25.5 Å². The van der Waals surface area contributed by atoms with Crippen LogP contribution in [-0.2, 0) is 6.54 Å². The highest BCUT2D eigenvalue weighted by atomic mass is 16.1. The van der Waals surface area contributed by atoms with Gasteiger partial charge in [-0.1, -0.05) is 0 Å². The summed E-state index contributed by atoms with van der Waals surface area (Å²) < 4.78 is 1.53. The smallest absolute Gasteiger partial charge is 0.268 e. The number of nitrogens with one attached hydrogen (secondary N) is 1. The lowest BCUT2D eigenvalue weighted by molar-refractivity contribution is 0.521. The Morgan fingerprint density at radius 1 is 1.53 bits per heavy atom. The molecule has 0 saturated heterocycles. The van der Waals surface area contributed by atoms with Crippen molar-refractivity contribution < 1.29 is 0 Å². The topological polar surface area (TPSA) is 50.2 Å². The highest BCUT2D eigenvalue weighted by Crippen LogP contribution is 2.18. The Hall–Kier alpha value is -1.36. The molecule has 0 aromatic carbocycles. The molecule has 2 rings (SSSR count). The number of aryl methyl sites for hydroxylation is 1. The third-order valence-corrected chi connectivity index (χ3v) is 2.93. The van der Waals surface area contributed by atoms with Crippen molar-refractivity contribution in [3.63, 3.8) is 0 Å². The summed E-state index contributed by atoms with van der Waals surface area (Å²) in [4.78, 5) is 13.6. The van der Waals surface area contributed by atoms with E-state index in [9.17, 15) is 4.79 Å². The second kappa shape index (κ2) is 5.31. The lowest BCUT2D eigenvalue weighted by Gasteiger charge is -2.12. The Balaban J connectivity index is 1.84. The molecule has 0 radical (unpaired) electrons. The van der Waals surface area contributed by atoms with E-state index in [-0.39, 0.29) is 5.56 Å². The molecule has 0 atom stereocenters. The summed E-state index contributed by atoms with van der Waals surface area (Å²) in [5.41, 5.74) is 0.824. The summed E-state index contributed by atoms with van der Waals surface area (Å²) in [6.07, 6.45) is 5.28. The van der Waals surface area contributed by atoms with Crippen molar-refractivity contribution in [3.05, 3.63) is 22.6 Å². The Labute approximate surface area is 101 Å². The average molecular weight is 236 g/mol. The predicted octanol–water partition coefficient (Wildman–Crippen LogP) is 0.451. The maximum atomic E-state index is 11.7. The van der Waals surface area contributed by atoms with Crippen LogP contribution in [0.25, 0.3) is 0 Å². The predicted molar refractivity (Wildman–Crippen MR) is 68.5 cm³/mol. The number of hydrogen-bond acceptors (Lipinski definition) is 4. The SMILES string of the molecule is CN(C)c1cnn(CCCNC2CC2)c(=O)c1. The van der Waals surface area contributed by atoms with E-state index >= 15 is 0 Å². The zero-order valence-electron chi connectivity index (χ0n) is 10.5. The minimum Gasteiger partial charge on any atom is -0.376 e. The highest BCUT2D eigenvalue weighted by molar-refractivity contribution is 5.40. The summed E-state index contributed by atoms with van der Waals surface area (Å²) >= 11 is 0. The zero-order chi connectivity index (χ0) is 12.3. The Morgan fingerprint density at radius 3 is 2.88 bits per heavy atom. The molecule has 0 unspecified atom stereocenters. The molecular weight excluding hydrogens is 216 g/mol. The van der Waals surface area contributed by atoms with Crippen LogP contribution in [0.4, 0.5) is 5.69 Å². The first-order chi connectivity index (χ1) is 8.16. The Bertz CT molecular complexity index is 423. The number of nitrogens with zero attached hydrogens (tertiary/aromatic N) is 3. The number of aromatic nitrogens is 2. The zero-order valence-corrected chi connectivity index (χ0v) is 10.5. The van der Waals surface area contributed by atoms with Gasteiger partial charge in [-0.2, -0.15) is 5.10 Å². The molecule has 1 saturated carbocycles. The first-order valence-corrected chi connectivity index (χ1v) is 6.14. The average Bonchev–Trinajstić information content (AvgIpc) is 3.09. The van der Waals surface area contributed by atoms with Crippen molar-refractivity contribution in [2.24, 2.45) is 0 Å². The third kappa shape index (κ3) is 3.56. The van der Waals surface area contributed by atoms with Gasteiger partial charge in [0.15, 0.2) is 0 Å². The monoisotopic (exact) mass is 236 g/mol. The van der Waals surface area contributed by atoms with E-state index in [1.165, 1.54) is 17.5 Å². The highest BCUT2D eigenvalue weighted by Gasteiger charge is 2.19. The fraction of sp³-hybridized carbons (Fsp3) is 0.667. The Morgan fingerprint density at radius 2 is 2.29 bits per heavy atom. The van der Waals surface area contributed by atoms with Crippen molar-refractivity contribution >= 4 is 5.69 Å².